The highest BCUT2D eigenvalue weighted by Gasteiger charge is 2.26. The van der Waals surface area contributed by atoms with Crippen LogP contribution in [0.1, 0.15) is 16.5 Å². The van der Waals surface area contributed by atoms with E-state index in [9.17, 15) is 4.39 Å². The molecule has 2 nitrogen and oxygen atoms in total. The van der Waals surface area contributed by atoms with Crippen LogP contribution in [0.3, 0.4) is 0 Å². The Morgan fingerprint density at radius 1 is 1.14 bits per heavy atom. The quantitative estimate of drug-likeness (QED) is 0.897. The van der Waals surface area contributed by atoms with Gasteiger partial charge in [-0.1, -0.05) is 23.2 Å². The molecule has 0 bridgehead atoms. The molecule has 0 amide bonds. The summed E-state index contributed by atoms with van der Waals surface area (Å²) in [5.41, 5.74) is 0.875. The molecule has 1 aromatic heterocycles. The molecule has 2 heterocycles. The Balaban J connectivity index is 2.02. The fraction of sp³-hybridized carbons (Fsp3) is 0.333. The first-order valence-corrected chi connectivity index (χ1v) is 8.37. The minimum absolute atomic E-state index is 0.00204. The molecule has 6 heteroatoms. The van der Waals surface area contributed by atoms with Crippen molar-refractivity contribution in [1.82, 2.24) is 10.2 Å². The van der Waals surface area contributed by atoms with Gasteiger partial charge in [0.2, 0.25) is 0 Å². The first-order chi connectivity index (χ1) is 10.1. The second-order valence-electron chi connectivity index (χ2n) is 5.03. The molecule has 0 saturated carbocycles. The van der Waals surface area contributed by atoms with E-state index in [1.54, 1.807) is 6.07 Å². The van der Waals surface area contributed by atoms with Crippen molar-refractivity contribution in [2.24, 2.45) is 0 Å². The number of thiophene rings is 1. The van der Waals surface area contributed by atoms with Gasteiger partial charge in [0.25, 0.3) is 0 Å². The van der Waals surface area contributed by atoms with E-state index in [2.05, 4.69) is 10.2 Å². The van der Waals surface area contributed by atoms with Crippen molar-refractivity contribution in [3.63, 3.8) is 0 Å². The van der Waals surface area contributed by atoms with Gasteiger partial charge in [-0.2, -0.15) is 0 Å². The van der Waals surface area contributed by atoms with Crippen LogP contribution in [0.2, 0.25) is 9.36 Å². The molecule has 0 unspecified atom stereocenters. The maximum Gasteiger partial charge on any atom is 0.125 e. The summed E-state index contributed by atoms with van der Waals surface area (Å²) in [6.07, 6.45) is 0. The van der Waals surface area contributed by atoms with Gasteiger partial charge in [-0.15, -0.1) is 11.3 Å². The maximum absolute atomic E-state index is 13.7. The van der Waals surface area contributed by atoms with Gasteiger partial charge in [0.1, 0.15) is 5.82 Å². The second-order valence-corrected chi connectivity index (χ2v) is 7.22. The van der Waals surface area contributed by atoms with Crippen molar-refractivity contribution in [3.05, 3.63) is 55.9 Å². The standard InChI is InChI=1S/C15H15Cl2FN2S/c16-11-7-10(8-12(18)9-11)15(13-1-2-14(17)21-13)20-5-3-19-4-6-20/h1-2,7-9,15,19H,3-6H2/t15-/m0/s1. The molecule has 1 saturated heterocycles. The summed E-state index contributed by atoms with van der Waals surface area (Å²) in [5.74, 6) is -0.305. The summed E-state index contributed by atoms with van der Waals surface area (Å²) in [5, 5.41) is 3.76. The normalized spacial score (nSPS) is 17.9. The van der Waals surface area contributed by atoms with Crippen LogP contribution in [-0.4, -0.2) is 31.1 Å². The predicted molar refractivity (Wildman–Crippen MR) is 87.0 cm³/mol. The molecule has 1 fully saturated rings. The monoisotopic (exact) mass is 344 g/mol. The highest BCUT2D eigenvalue weighted by Crippen LogP contribution is 2.36. The van der Waals surface area contributed by atoms with Crippen molar-refractivity contribution >= 4 is 34.5 Å². The molecule has 3 rings (SSSR count). The first kappa shape index (κ1) is 15.3. The average Bonchev–Trinajstić information content (AvgIpc) is 2.85. The fourth-order valence-electron chi connectivity index (χ4n) is 2.70. The van der Waals surface area contributed by atoms with E-state index in [0.29, 0.717) is 5.02 Å². The highest BCUT2D eigenvalue weighted by molar-refractivity contribution is 7.16. The Morgan fingerprint density at radius 3 is 2.52 bits per heavy atom. The molecule has 1 aliphatic heterocycles. The lowest BCUT2D eigenvalue weighted by molar-refractivity contribution is 0.200. The minimum Gasteiger partial charge on any atom is -0.314 e. The lowest BCUT2D eigenvalue weighted by atomic mass is 10.0. The second kappa shape index (κ2) is 6.63. The number of nitrogens with one attached hydrogen (secondary N) is 1. The molecular formula is C15H15Cl2FN2S. The minimum atomic E-state index is -0.305. The summed E-state index contributed by atoms with van der Waals surface area (Å²) >= 11 is 13.6. The number of benzene rings is 1. The van der Waals surface area contributed by atoms with Crippen LogP contribution >= 0.6 is 34.5 Å². The van der Waals surface area contributed by atoms with E-state index in [1.165, 1.54) is 17.4 Å². The predicted octanol–water partition coefficient (Wildman–Crippen LogP) is 4.19. The zero-order valence-electron chi connectivity index (χ0n) is 11.3. The van der Waals surface area contributed by atoms with Crippen molar-refractivity contribution in [1.29, 1.82) is 0 Å². The van der Waals surface area contributed by atoms with Gasteiger partial charge in [-0.25, -0.2) is 4.39 Å². The number of hydrogen-bond donors (Lipinski definition) is 1. The van der Waals surface area contributed by atoms with Gasteiger partial charge in [0.15, 0.2) is 0 Å². The third-order valence-corrected chi connectivity index (χ3v) is 5.08. The molecule has 1 aliphatic rings. The number of piperazine rings is 1. The molecule has 1 N–H and O–H groups in total. The number of rotatable bonds is 3. The third-order valence-electron chi connectivity index (χ3n) is 3.58. The summed E-state index contributed by atoms with van der Waals surface area (Å²) in [4.78, 5) is 3.45. The fourth-order valence-corrected chi connectivity index (χ4v) is 4.16. The van der Waals surface area contributed by atoms with Gasteiger partial charge in [-0.05, 0) is 35.9 Å². The van der Waals surface area contributed by atoms with E-state index < -0.39 is 0 Å². The van der Waals surface area contributed by atoms with E-state index >= 15 is 0 Å². The zero-order chi connectivity index (χ0) is 14.8. The van der Waals surface area contributed by atoms with Gasteiger partial charge in [-0.3, -0.25) is 4.90 Å². The van der Waals surface area contributed by atoms with Crippen LogP contribution in [0.5, 0.6) is 0 Å². The molecule has 21 heavy (non-hydrogen) atoms. The molecule has 0 radical (unpaired) electrons. The van der Waals surface area contributed by atoms with Crippen LogP contribution in [0.15, 0.2) is 30.3 Å². The summed E-state index contributed by atoms with van der Waals surface area (Å²) in [6.45, 7) is 3.68. The van der Waals surface area contributed by atoms with E-state index in [0.717, 1.165) is 41.0 Å². The number of halogens is 3. The Kier molecular flexibility index (Phi) is 4.82. The van der Waals surface area contributed by atoms with Gasteiger partial charge in [0, 0.05) is 36.1 Å². The molecule has 0 spiro atoms. The largest absolute Gasteiger partial charge is 0.314 e. The lowest BCUT2D eigenvalue weighted by Crippen LogP contribution is -2.45. The van der Waals surface area contributed by atoms with Crippen LogP contribution in [0.4, 0.5) is 4.39 Å². The zero-order valence-corrected chi connectivity index (χ0v) is 13.6. The topological polar surface area (TPSA) is 15.3 Å². The first-order valence-electron chi connectivity index (χ1n) is 6.79. The van der Waals surface area contributed by atoms with Crippen LogP contribution in [-0.2, 0) is 0 Å². The molecule has 1 atom stereocenters. The number of nitrogens with zero attached hydrogens (tertiary/aromatic N) is 1. The van der Waals surface area contributed by atoms with E-state index in [4.69, 9.17) is 23.2 Å². The smallest absolute Gasteiger partial charge is 0.125 e. The Hall–Kier alpha value is -0.650. The van der Waals surface area contributed by atoms with E-state index in [-0.39, 0.29) is 11.9 Å². The summed E-state index contributed by atoms with van der Waals surface area (Å²) in [6, 6.07) is 8.63. The molecule has 112 valence electrons. The van der Waals surface area contributed by atoms with Crippen molar-refractivity contribution in [2.45, 2.75) is 6.04 Å². The average molecular weight is 345 g/mol. The van der Waals surface area contributed by atoms with Crippen LogP contribution in [0.25, 0.3) is 0 Å². The molecule has 0 aliphatic carbocycles. The van der Waals surface area contributed by atoms with Gasteiger partial charge in [0.05, 0.1) is 10.4 Å². The summed E-state index contributed by atoms with van der Waals surface area (Å²) in [7, 11) is 0. The molecule has 1 aromatic carbocycles. The van der Waals surface area contributed by atoms with Crippen molar-refractivity contribution < 1.29 is 4.39 Å². The SMILES string of the molecule is Fc1cc(Cl)cc([C@@H](c2ccc(Cl)s2)N2CCNCC2)c1. The van der Waals surface area contributed by atoms with Crippen molar-refractivity contribution in [3.8, 4) is 0 Å². The van der Waals surface area contributed by atoms with Crippen LogP contribution in [0, 0.1) is 5.82 Å². The number of hydrogen-bond acceptors (Lipinski definition) is 3. The Labute approximate surface area is 137 Å². The van der Waals surface area contributed by atoms with E-state index in [1.807, 2.05) is 18.2 Å². The van der Waals surface area contributed by atoms with Gasteiger partial charge < -0.3 is 5.32 Å². The Bertz CT molecular complexity index is 606. The third kappa shape index (κ3) is 3.58. The lowest BCUT2D eigenvalue weighted by Gasteiger charge is -2.34. The summed E-state index contributed by atoms with van der Waals surface area (Å²) < 4.78 is 14.5. The maximum atomic E-state index is 13.7. The van der Waals surface area contributed by atoms with Crippen LogP contribution < -0.4 is 5.32 Å². The highest BCUT2D eigenvalue weighted by atomic mass is 35.5. The van der Waals surface area contributed by atoms with Gasteiger partial charge >= 0.3 is 0 Å². The molecular weight excluding hydrogens is 330 g/mol. The molecule has 2 aromatic rings. The Morgan fingerprint density at radius 2 is 1.90 bits per heavy atom. The van der Waals surface area contributed by atoms with Crippen molar-refractivity contribution in [2.75, 3.05) is 26.2 Å².